The lowest BCUT2D eigenvalue weighted by Gasteiger charge is -2.31. The number of fused-ring (bicyclic) bond motifs is 1. The van der Waals surface area contributed by atoms with Gasteiger partial charge in [-0.1, -0.05) is 35.9 Å². The van der Waals surface area contributed by atoms with Crippen LogP contribution in [0.15, 0.2) is 53.4 Å². The SMILES string of the molecule is C[C@@H](NS(=O)(=O)c1ccc(Cl)cc1)C(=O)N1CCc2ccccc2C1. The van der Waals surface area contributed by atoms with Crippen molar-refractivity contribution in [3.05, 3.63) is 64.7 Å². The molecule has 25 heavy (non-hydrogen) atoms. The summed E-state index contributed by atoms with van der Waals surface area (Å²) in [5.74, 6) is -0.230. The lowest BCUT2D eigenvalue weighted by atomic mass is 9.99. The van der Waals surface area contributed by atoms with Crippen molar-refractivity contribution in [2.45, 2.75) is 30.8 Å². The van der Waals surface area contributed by atoms with Crippen molar-refractivity contribution in [3.8, 4) is 0 Å². The number of hydrogen-bond donors (Lipinski definition) is 1. The molecule has 0 fully saturated rings. The summed E-state index contributed by atoms with van der Waals surface area (Å²) in [6, 6.07) is 13.0. The average molecular weight is 379 g/mol. The van der Waals surface area contributed by atoms with E-state index in [1.165, 1.54) is 29.8 Å². The highest BCUT2D eigenvalue weighted by Gasteiger charge is 2.28. The van der Waals surface area contributed by atoms with E-state index in [4.69, 9.17) is 11.6 Å². The van der Waals surface area contributed by atoms with Crippen LogP contribution in [0.1, 0.15) is 18.1 Å². The molecule has 132 valence electrons. The van der Waals surface area contributed by atoms with Gasteiger partial charge in [0.05, 0.1) is 10.9 Å². The zero-order chi connectivity index (χ0) is 18.0. The van der Waals surface area contributed by atoms with Gasteiger partial charge in [0.25, 0.3) is 0 Å². The lowest BCUT2D eigenvalue weighted by Crippen LogP contribution is -2.48. The molecule has 0 saturated carbocycles. The fourth-order valence-corrected chi connectivity index (χ4v) is 4.25. The molecule has 0 aliphatic carbocycles. The number of nitrogens with zero attached hydrogens (tertiary/aromatic N) is 1. The largest absolute Gasteiger partial charge is 0.337 e. The van der Waals surface area contributed by atoms with E-state index in [-0.39, 0.29) is 10.8 Å². The van der Waals surface area contributed by atoms with Crippen molar-refractivity contribution in [2.24, 2.45) is 0 Å². The van der Waals surface area contributed by atoms with E-state index in [9.17, 15) is 13.2 Å². The molecule has 1 atom stereocenters. The molecule has 0 saturated heterocycles. The standard InChI is InChI=1S/C18H19ClN2O3S/c1-13(20-25(23,24)17-8-6-16(19)7-9-17)18(22)21-11-10-14-4-2-3-5-15(14)12-21/h2-9,13,20H,10-12H2,1H3/t13-/m1/s1. The Kier molecular flexibility index (Phi) is 5.13. The maximum atomic E-state index is 12.6. The second kappa shape index (κ2) is 7.15. The van der Waals surface area contributed by atoms with Gasteiger partial charge in [-0.2, -0.15) is 4.72 Å². The minimum atomic E-state index is -3.78. The normalized spacial score (nSPS) is 15.5. The Labute approximate surface area is 152 Å². The summed E-state index contributed by atoms with van der Waals surface area (Å²) in [6.07, 6.45) is 0.776. The predicted molar refractivity (Wildman–Crippen MR) is 96.8 cm³/mol. The second-order valence-corrected chi connectivity index (χ2v) is 8.23. The summed E-state index contributed by atoms with van der Waals surface area (Å²) >= 11 is 5.78. The van der Waals surface area contributed by atoms with Gasteiger partial charge in [0.15, 0.2) is 0 Å². The van der Waals surface area contributed by atoms with Crippen molar-refractivity contribution < 1.29 is 13.2 Å². The third-order valence-electron chi connectivity index (χ3n) is 4.27. The van der Waals surface area contributed by atoms with Gasteiger partial charge in [0, 0.05) is 18.1 Å². The highest BCUT2D eigenvalue weighted by atomic mass is 35.5. The molecule has 1 N–H and O–H groups in total. The second-order valence-electron chi connectivity index (χ2n) is 6.08. The van der Waals surface area contributed by atoms with E-state index in [0.717, 1.165) is 12.0 Å². The Morgan fingerprint density at radius 3 is 2.44 bits per heavy atom. The number of sulfonamides is 1. The topological polar surface area (TPSA) is 66.5 Å². The number of carbonyl (C=O) groups is 1. The van der Waals surface area contributed by atoms with Crippen molar-refractivity contribution in [1.29, 1.82) is 0 Å². The van der Waals surface area contributed by atoms with Crippen LogP contribution in [-0.4, -0.2) is 31.8 Å². The Morgan fingerprint density at radius 1 is 1.12 bits per heavy atom. The number of amides is 1. The monoisotopic (exact) mass is 378 g/mol. The molecule has 7 heteroatoms. The Hall–Kier alpha value is -1.89. The highest BCUT2D eigenvalue weighted by Crippen LogP contribution is 2.20. The molecule has 0 bridgehead atoms. The summed E-state index contributed by atoms with van der Waals surface area (Å²) in [5, 5.41) is 0.454. The van der Waals surface area contributed by atoms with Gasteiger partial charge in [-0.15, -0.1) is 0 Å². The predicted octanol–water partition coefficient (Wildman–Crippen LogP) is 2.59. The van der Waals surface area contributed by atoms with E-state index < -0.39 is 16.1 Å². The van der Waals surface area contributed by atoms with Gasteiger partial charge in [0.2, 0.25) is 15.9 Å². The molecule has 1 aliphatic heterocycles. The Bertz CT molecular complexity index is 881. The van der Waals surface area contributed by atoms with Crippen LogP contribution in [0, 0.1) is 0 Å². The number of halogens is 1. The fraction of sp³-hybridized carbons (Fsp3) is 0.278. The first-order valence-electron chi connectivity index (χ1n) is 8.00. The minimum absolute atomic E-state index is 0.0838. The van der Waals surface area contributed by atoms with Gasteiger partial charge in [0.1, 0.15) is 0 Å². The van der Waals surface area contributed by atoms with E-state index in [1.807, 2.05) is 18.2 Å². The summed E-state index contributed by atoms with van der Waals surface area (Å²) in [6.45, 7) is 2.65. The molecule has 1 aliphatic rings. The van der Waals surface area contributed by atoms with Crippen molar-refractivity contribution >= 4 is 27.5 Å². The quantitative estimate of drug-likeness (QED) is 0.889. The summed E-state index contributed by atoms with van der Waals surface area (Å²) in [7, 11) is -3.78. The molecule has 0 unspecified atom stereocenters. The molecule has 2 aromatic rings. The van der Waals surface area contributed by atoms with Gasteiger partial charge >= 0.3 is 0 Å². The highest BCUT2D eigenvalue weighted by molar-refractivity contribution is 7.89. The molecule has 3 rings (SSSR count). The van der Waals surface area contributed by atoms with Crippen molar-refractivity contribution in [3.63, 3.8) is 0 Å². The maximum Gasteiger partial charge on any atom is 0.241 e. The molecular formula is C18H19ClN2O3S. The van der Waals surface area contributed by atoms with Gasteiger partial charge in [-0.05, 0) is 48.7 Å². The first-order chi connectivity index (χ1) is 11.9. The van der Waals surface area contributed by atoms with E-state index in [2.05, 4.69) is 10.8 Å². The van der Waals surface area contributed by atoms with Crippen LogP contribution < -0.4 is 4.72 Å². The number of carbonyl (C=O) groups excluding carboxylic acids is 1. The Morgan fingerprint density at radius 2 is 1.76 bits per heavy atom. The number of nitrogens with one attached hydrogen (secondary N) is 1. The van der Waals surface area contributed by atoms with E-state index in [0.29, 0.717) is 18.1 Å². The minimum Gasteiger partial charge on any atom is -0.337 e. The number of benzene rings is 2. The van der Waals surface area contributed by atoms with E-state index in [1.54, 1.807) is 11.8 Å². The van der Waals surface area contributed by atoms with Crippen LogP contribution in [0.4, 0.5) is 0 Å². The number of rotatable bonds is 4. The van der Waals surface area contributed by atoms with E-state index >= 15 is 0 Å². The summed E-state index contributed by atoms with van der Waals surface area (Å²) < 4.78 is 27.3. The molecule has 0 aromatic heterocycles. The van der Waals surface area contributed by atoms with Crippen LogP contribution in [0.3, 0.4) is 0 Å². The molecule has 5 nitrogen and oxygen atoms in total. The molecule has 0 spiro atoms. The fourth-order valence-electron chi connectivity index (χ4n) is 2.92. The molecule has 2 aromatic carbocycles. The molecular weight excluding hydrogens is 360 g/mol. The third-order valence-corrected chi connectivity index (χ3v) is 6.08. The first-order valence-corrected chi connectivity index (χ1v) is 9.86. The first kappa shape index (κ1) is 17.9. The van der Waals surface area contributed by atoms with Gasteiger partial charge in [-0.3, -0.25) is 4.79 Å². The maximum absolute atomic E-state index is 12.6. The summed E-state index contributed by atoms with van der Waals surface area (Å²) in [5.41, 5.74) is 2.34. The van der Waals surface area contributed by atoms with Crippen LogP contribution in [0.5, 0.6) is 0 Å². The average Bonchev–Trinajstić information content (AvgIpc) is 2.60. The number of hydrogen-bond acceptors (Lipinski definition) is 3. The zero-order valence-electron chi connectivity index (χ0n) is 13.8. The third kappa shape index (κ3) is 4.03. The van der Waals surface area contributed by atoms with Crippen molar-refractivity contribution in [2.75, 3.05) is 6.54 Å². The lowest BCUT2D eigenvalue weighted by molar-refractivity contribution is -0.133. The molecule has 0 radical (unpaired) electrons. The molecule has 1 heterocycles. The molecule has 1 amide bonds. The van der Waals surface area contributed by atoms with Crippen LogP contribution in [0.2, 0.25) is 5.02 Å². The van der Waals surface area contributed by atoms with Crippen molar-refractivity contribution in [1.82, 2.24) is 9.62 Å². The summed E-state index contributed by atoms with van der Waals surface area (Å²) in [4.78, 5) is 14.4. The van der Waals surface area contributed by atoms with Gasteiger partial charge < -0.3 is 4.90 Å². The van der Waals surface area contributed by atoms with Crippen LogP contribution in [-0.2, 0) is 27.8 Å². The van der Waals surface area contributed by atoms with Gasteiger partial charge in [-0.25, -0.2) is 8.42 Å². The Balaban J connectivity index is 1.70. The zero-order valence-corrected chi connectivity index (χ0v) is 15.3. The smallest absolute Gasteiger partial charge is 0.241 e. The van der Waals surface area contributed by atoms with Crippen LogP contribution in [0.25, 0.3) is 0 Å². The van der Waals surface area contributed by atoms with Crippen LogP contribution >= 0.6 is 11.6 Å².